The van der Waals surface area contributed by atoms with Gasteiger partial charge >= 0.3 is 0 Å². The number of quaternary nitrogens is 1. The van der Waals surface area contributed by atoms with Crippen molar-refractivity contribution in [3.05, 3.63) is 29.8 Å². The summed E-state index contributed by atoms with van der Waals surface area (Å²) in [6, 6.07) is 11.0. The molecule has 1 N–H and O–H groups in total. The topological polar surface area (TPSA) is 51.8 Å². The lowest BCUT2D eigenvalue weighted by molar-refractivity contribution is -0.892. The molecule has 0 radical (unpaired) electrons. The molecule has 1 aliphatic heterocycles. The van der Waals surface area contributed by atoms with Gasteiger partial charge in [0.1, 0.15) is 5.54 Å². The maximum absolute atomic E-state index is 12.8. The number of carbonyl (C=O) groups excluding carboxylic acids is 1. The number of para-hydroxylation sites is 1. The zero-order chi connectivity index (χ0) is 18.6. The summed E-state index contributed by atoms with van der Waals surface area (Å²) in [6.07, 6.45) is 4.92. The van der Waals surface area contributed by atoms with Gasteiger partial charge in [0.15, 0.2) is 6.54 Å². The first kappa shape index (κ1) is 18.7. The molecule has 0 bridgehead atoms. The van der Waals surface area contributed by atoms with Crippen molar-refractivity contribution in [2.45, 2.75) is 44.6 Å². The van der Waals surface area contributed by atoms with Gasteiger partial charge in [0.2, 0.25) is 0 Å². The Balaban J connectivity index is 1.55. The highest BCUT2D eigenvalue weighted by Crippen LogP contribution is 2.32. The largest absolute Gasteiger partial charge is 0.360 e. The fraction of sp³-hybridized carbons (Fsp3) is 0.619. The molecule has 2 fully saturated rings. The van der Waals surface area contributed by atoms with Gasteiger partial charge in [-0.1, -0.05) is 37.5 Å². The van der Waals surface area contributed by atoms with E-state index >= 15 is 0 Å². The standard InChI is InChI=1S/C21H30N4O/c1-18-8-4-5-9-19(18)25-14-12-24(13-15-25)16-20(26)23(2)21(17-22)10-6-3-7-11-21/h4-5,8-9H,3,6-7,10-16H2,1-2H3/p+1. The van der Waals surface area contributed by atoms with Gasteiger partial charge < -0.3 is 14.7 Å². The molecule has 0 spiro atoms. The van der Waals surface area contributed by atoms with E-state index in [-0.39, 0.29) is 5.91 Å². The summed E-state index contributed by atoms with van der Waals surface area (Å²) in [6.45, 7) is 6.53. The zero-order valence-electron chi connectivity index (χ0n) is 16.1. The van der Waals surface area contributed by atoms with Crippen LogP contribution < -0.4 is 9.80 Å². The number of likely N-dealkylation sites (N-methyl/N-ethyl adjacent to an activating group) is 1. The molecule has 3 rings (SSSR count). The van der Waals surface area contributed by atoms with E-state index in [1.807, 2.05) is 7.05 Å². The molecule has 1 aromatic carbocycles. The lowest BCUT2D eigenvalue weighted by atomic mass is 9.81. The van der Waals surface area contributed by atoms with Crippen LogP contribution in [0.3, 0.4) is 0 Å². The van der Waals surface area contributed by atoms with Gasteiger partial charge in [-0.3, -0.25) is 4.79 Å². The van der Waals surface area contributed by atoms with Gasteiger partial charge in [-0.05, 0) is 31.4 Å². The molecular weight excluding hydrogens is 324 g/mol. The third-order valence-electron chi connectivity index (χ3n) is 6.23. The molecule has 5 nitrogen and oxygen atoms in total. The number of aryl methyl sites for hydroxylation is 1. The monoisotopic (exact) mass is 355 g/mol. The molecule has 5 heteroatoms. The maximum Gasteiger partial charge on any atom is 0.278 e. The van der Waals surface area contributed by atoms with Crippen LogP contribution in [0.1, 0.15) is 37.7 Å². The van der Waals surface area contributed by atoms with E-state index in [0.29, 0.717) is 6.54 Å². The number of hydrogen-bond acceptors (Lipinski definition) is 3. The van der Waals surface area contributed by atoms with Gasteiger partial charge in [-0.25, -0.2) is 0 Å². The average Bonchev–Trinajstić information content (AvgIpc) is 2.69. The predicted octanol–water partition coefficient (Wildman–Crippen LogP) is 1.38. The molecule has 1 aliphatic carbocycles. The quantitative estimate of drug-likeness (QED) is 0.888. The molecule has 0 unspecified atom stereocenters. The second kappa shape index (κ2) is 8.09. The molecule has 1 saturated carbocycles. The maximum atomic E-state index is 12.8. The Morgan fingerprint density at radius 3 is 2.50 bits per heavy atom. The van der Waals surface area contributed by atoms with E-state index in [4.69, 9.17) is 0 Å². The van der Waals surface area contributed by atoms with Gasteiger partial charge in [0.05, 0.1) is 32.2 Å². The second-order valence-electron chi connectivity index (χ2n) is 7.86. The first-order valence-electron chi connectivity index (χ1n) is 9.88. The molecule has 1 saturated heterocycles. The molecule has 0 aromatic heterocycles. The summed E-state index contributed by atoms with van der Waals surface area (Å²) >= 11 is 0. The van der Waals surface area contributed by atoms with Gasteiger partial charge in [0, 0.05) is 12.7 Å². The van der Waals surface area contributed by atoms with Crippen molar-refractivity contribution >= 4 is 11.6 Å². The fourth-order valence-corrected chi connectivity index (χ4v) is 4.39. The van der Waals surface area contributed by atoms with E-state index in [1.54, 1.807) is 4.90 Å². The molecule has 26 heavy (non-hydrogen) atoms. The van der Waals surface area contributed by atoms with Crippen molar-refractivity contribution in [1.82, 2.24) is 4.90 Å². The minimum Gasteiger partial charge on any atom is -0.360 e. The van der Waals surface area contributed by atoms with Crippen LogP contribution in [0.5, 0.6) is 0 Å². The number of carbonyl (C=O) groups is 1. The predicted molar refractivity (Wildman–Crippen MR) is 103 cm³/mol. The number of nitrogens with one attached hydrogen (secondary N) is 1. The van der Waals surface area contributed by atoms with Crippen molar-refractivity contribution in [3.8, 4) is 6.07 Å². The van der Waals surface area contributed by atoms with E-state index in [9.17, 15) is 10.1 Å². The minimum absolute atomic E-state index is 0.118. The summed E-state index contributed by atoms with van der Waals surface area (Å²) in [5, 5.41) is 9.70. The van der Waals surface area contributed by atoms with Crippen molar-refractivity contribution in [2.24, 2.45) is 0 Å². The number of piperazine rings is 1. The number of nitrogens with zero attached hydrogens (tertiary/aromatic N) is 3. The smallest absolute Gasteiger partial charge is 0.278 e. The number of nitriles is 1. The summed E-state index contributed by atoms with van der Waals surface area (Å²) in [5.74, 6) is 0.118. The van der Waals surface area contributed by atoms with Crippen molar-refractivity contribution in [1.29, 1.82) is 5.26 Å². The number of benzene rings is 1. The third-order valence-corrected chi connectivity index (χ3v) is 6.23. The SMILES string of the molecule is Cc1ccccc1N1CC[NH+](CC(=O)N(C)C2(C#N)CCCCC2)CC1. The molecule has 0 atom stereocenters. The van der Waals surface area contributed by atoms with Gasteiger partial charge in [-0.2, -0.15) is 5.26 Å². The van der Waals surface area contributed by atoms with Gasteiger partial charge in [-0.15, -0.1) is 0 Å². The Morgan fingerprint density at radius 2 is 1.88 bits per heavy atom. The Kier molecular flexibility index (Phi) is 5.83. The van der Waals surface area contributed by atoms with E-state index in [1.165, 1.54) is 22.6 Å². The highest BCUT2D eigenvalue weighted by molar-refractivity contribution is 5.78. The molecule has 140 valence electrons. The summed E-state index contributed by atoms with van der Waals surface area (Å²) in [5.41, 5.74) is 2.04. The van der Waals surface area contributed by atoms with Crippen LogP contribution in [0.4, 0.5) is 5.69 Å². The molecule has 2 aliphatic rings. The Labute approximate surface area is 157 Å². The second-order valence-corrected chi connectivity index (χ2v) is 7.86. The van der Waals surface area contributed by atoms with E-state index in [0.717, 1.165) is 51.9 Å². The van der Waals surface area contributed by atoms with Crippen LogP contribution in [-0.4, -0.2) is 56.1 Å². The molecule has 1 aromatic rings. The molecule has 1 amide bonds. The van der Waals surface area contributed by atoms with E-state index < -0.39 is 5.54 Å². The summed E-state index contributed by atoms with van der Waals surface area (Å²) in [7, 11) is 1.83. The minimum atomic E-state index is -0.572. The molecular formula is C21H31N4O+. The Bertz CT molecular complexity index is 667. The van der Waals surface area contributed by atoms with Crippen molar-refractivity contribution < 1.29 is 9.69 Å². The van der Waals surface area contributed by atoms with Crippen molar-refractivity contribution in [2.75, 3.05) is 44.7 Å². The number of anilines is 1. The normalized spacial score (nSPS) is 20.4. The highest BCUT2D eigenvalue weighted by atomic mass is 16.2. The average molecular weight is 356 g/mol. The highest BCUT2D eigenvalue weighted by Gasteiger charge is 2.40. The third kappa shape index (κ3) is 3.86. The fourth-order valence-electron chi connectivity index (χ4n) is 4.39. The first-order valence-corrected chi connectivity index (χ1v) is 9.88. The summed E-state index contributed by atoms with van der Waals surface area (Å²) in [4.78, 5) is 18.3. The van der Waals surface area contributed by atoms with Crippen LogP contribution >= 0.6 is 0 Å². The van der Waals surface area contributed by atoms with Gasteiger partial charge in [0.25, 0.3) is 5.91 Å². The lowest BCUT2D eigenvalue weighted by Crippen LogP contribution is -3.16. The number of hydrogen-bond donors (Lipinski definition) is 1. The lowest BCUT2D eigenvalue weighted by Gasteiger charge is -2.40. The van der Waals surface area contributed by atoms with Crippen LogP contribution in [0, 0.1) is 18.3 Å². The number of amides is 1. The first-order chi connectivity index (χ1) is 12.6. The van der Waals surface area contributed by atoms with Crippen molar-refractivity contribution in [3.63, 3.8) is 0 Å². The zero-order valence-corrected chi connectivity index (χ0v) is 16.1. The van der Waals surface area contributed by atoms with Crippen LogP contribution in [0.15, 0.2) is 24.3 Å². The van der Waals surface area contributed by atoms with E-state index in [2.05, 4.69) is 42.2 Å². The van der Waals surface area contributed by atoms with Crippen LogP contribution in [0.25, 0.3) is 0 Å². The Hall–Kier alpha value is -2.06. The Morgan fingerprint density at radius 1 is 1.23 bits per heavy atom. The van der Waals surface area contributed by atoms with Crippen LogP contribution in [-0.2, 0) is 4.79 Å². The summed E-state index contributed by atoms with van der Waals surface area (Å²) < 4.78 is 0. The van der Waals surface area contributed by atoms with Crippen LogP contribution in [0.2, 0.25) is 0 Å². The molecule has 1 heterocycles. The number of rotatable bonds is 4.